The maximum absolute atomic E-state index is 4.31. The molecule has 1 aromatic heterocycles. The molecule has 2 atom stereocenters. The molecule has 4 rings (SSSR count). The number of hydrogen-bond acceptors (Lipinski definition) is 3. The minimum atomic E-state index is 0.224. The van der Waals surface area contributed by atoms with E-state index in [9.17, 15) is 0 Å². The maximum atomic E-state index is 4.31. The van der Waals surface area contributed by atoms with Gasteiger partial charge in [-0.05, 0) is 48.1 Å². The molecule has 1 saturated heterocycles. The van der Waals surface area contributed by atoms with Crippen LogP contribution in [0.25, 0.3) is 11.0 Å². The summed E-state index contributed by atoms with van der Waals surface area (Å²) in [6.45, 7) is 8.37. The van der Waals surface area contributed by atoms with Crippen LogP contribution in [0.15, 0.2) is 12.1 Å². The Balaban J connectivity index is 2.02. The number of aryl methyl sites for hydroxylation is 1. The van der Waals surface area contributed by atoms with Crippen molar-refractivity contribution in [3.05, 3.63) is 23.3 Å². The van der Waals surface area contributed by atoms with E-state index in [1.807, 2.05) is 11.7 Å². The number of fused-ring (bicyclic) bond motifs is 5. The number of aromatic nitrogens is 3. The molecule has 2 aromatic rings. The molecule has 2 unspecified atom stereocenters. The van der Waals surface area contributed by atoms with Gasteiger partial charge in [0.1, 0.15) is 5.52 Å². The molecule has 1 aliphatic carbocycles. The number of benzene rings is 1. The lowest BCUT2D eigenvalue weighted by molar-refractivity contribution is 0.0561. The Kier molecular flexibility index (Phi) is 2.23. The van der Waals surface area contributed by atoms with Crippen molar-refractivity contribution in [3.63, 3.8) is 0 Å². The standard InChI is InChI=1S/C16H22N4/c1-15(2)14-8-10-7-13-12(18-19-20(13)4)9-11(10)16(15,3)5-6-17-14/h7,9,14,17H,5-6,8H2,1-4H3. The predicted octanol–water partition coefficient (Wildman–Crippen LogP) is 2.17. The molecule has 4 heteroatoms. The lowest BCUT2D eigenvalue weighted by Gasteiger charge is -2.57. The van der Waals surface area contributed by atoms with Crippen LogP contribution in [0.2, 0.25) is 0 Å². The molecule has 2 heterocycles. The number of hydrogen-bond donors (Lipinski definition) is 1. The monoisotopic (exact) mass is 270 g/mol. The summed E-state index contributed by atoms with van der Waals surface area (Å²) in [5.41, 5.74) is 5.64. The van der Waals surface area contributed by atoms with Crippen LogP contribution in [0, 0.1) is 5.41 Å². The average molecular weight is 270 g/mol. The number of piperidine rings is 1. The van der Waals surface area contributed by atoms with Crippen molar-refractivity contribution in [1.29, 1.82) is 0 Å². The van der Waals surface area contributed by atoms with Crippen molar-refractivity contribution in [2.75, 3.05) is 6.54 Å². The van der Waals surface area contributed by atoms with Crippen LogP contribution in [0.1, 0.15) is 38.3 Å². The Bertz CT molecular complexity index is 700. The summed E-state index contributed by atoms with van der Waals surface area (Å²) < 4.78 is 1.88. The van der Waals surface area contributed by atoms with Gasteiger partial charge in [0, 0.05) is 18.5 Å². The zero-order valence-electron chi connectivity index (χ0n) is 12.7. The molecule has 20 heavy (non-hydrogen) atoms. The second kappa shape index (κ2) is 3.61. The Morgan fingerprint density at radius 2 is 2.10 bits per heavy atom. The topological polar surface area (TPSA) is 42.7 Å². The molecule has 1 N–H and O–H groups in total. The Morgan fingerprint density at radius 3 is 2.90 bits per heavy atom. The smallest absolute Gasteiger partial charge is 0.113 e. The van der Waals surface area contributed by atoms with Crippen molar-refractivity contribution < 1.29 is 0 Å². The first-order chi connectivity index (χ1) is 9.43. The van der Waals surface area contributed by atoms with Gasteiger partial charge < -0.3 is 5.32 Å². The zero-order chi connectivity index (χ0) is 14.1. The second-order valence-electron chi connectivity index (χ2n) is 7.23. The summed E-state index contributed by atoms with van der Waals surface area (Å²) in [7, 11) is 1.97. The van der Waals surface area contributed by atoms with E-state index in [4.69, 9.17) is 0 Å². The molecule has 2 aliphatic rings. The van der Waals surface area contributed by atoms with Crippen LogP contribution in [0.4, 0.5) is 0 Å². The lowest BCUT2D eigenvalue weighted by Crippen LogP contribution is -2.62. The summed E-state index contributed by atoms with van der Waals surface area (Å²) in [6.07, 6.45) is 2.30. The van der Waals surface area contributed by atoms with Crippen LogP contribution in [-0.2, 0) is 18.9 Å². The molecule has 106 valence electrons. The van der Waals surface area contributed by atoms with Crippen molar-refractivity contribution in [2.45, 2.75) is 45.1 Å². The quantitative estimate of drug-likeness (QED) is 0.798. The van der Waals surface area contributed by atoms with Gasteiger partial charge in [0.2, 0.25) is 0 Å². The largest absolute Gasteiger partial charge is 0.313 e. The summed E-state index contributed by atoms with van der Waals surface area (Å²) in [5, 5.41) is 12.2. The van der Waals surface area contributed by atoms with Gasteiger partial charge in [0.15, 0.2) is 0 Å². The van der Waals surface area contributed by atoms with Crippen molar-refractivity contribution in [1.82, 2.24) is 20.3 Å². The van der Waals surface area contributed by atoms with Gasteiger partial charge in [-0.1, -0.05) is 26.0 Å². The van der Waals surface area contributed by atoms with Gasteiger partial charge in [0.05, 0.1) is 5.52 Å². The SMILES string of the molecule is Cn1nnc2cc3c(cc21)CC1NCCC3(C)C1(C)C. The van der Waals surface area contributed by atoms with Gasteiger partial charge >= 0.3 is 0 Å². The molecular formula is C16H22N4. The molecular weight excluding hydrogens is 248 g/mol. The van der Waals surface area contributed by atoms with Crippen LogP contribution < -0.4 is 5.32 Å². The zero-order valence-corrected chi connectivity index (χ0v) is 12.7. The summed E-state index contributed by atoms with van der Waals surface area (Å²) in [5.74, 6) is 0. The van der Waals surface area contributed by atoms with E-state index in [1.54, 1.807) is 0 Å². The van der Waals surface area contributed by atoms with E-state index < -0.39 is 0 Å². The fourth-order valence-electron chi connectivity index (χ4n) is 4.29. The highest BCUT2D eigenvalue weighted by Crippen LogP contribution is 2.54. The third-order valence-corrected chi connectivity index (χ3v) is 6.16. The van der Waals surface area contributed by atoms with E-state index >= 15 is 0 Å². The molecule has 1 aromatic carbocycles. The molecule has 1 aliphatic heterocycles. The van der Waals surface area contributed by atoms with Crippen molar-refractivity contribution >= 4 is 11.0 Å². The highest BCUT2D eigenvalue weighted by Gasteiger charge is 2.53. The van der Waals surface area contributed by atoms with Gasteiger partial charge in [-0.3, -0.25) is 0 Å². The molecule has 4 nitrogen and oxygen atoms in total. The highest BCUT2D eigenvalue weighted by molar-refractivity contribution is 5.77. The second-order valence-corrected chi connectivity index (χ2v) is 7.23. The average Bonchev–Trinajstić information content (AvgIpc) is 2.74. The third kappa shape index (κ3) is 1.30. The number of nitrogens with zero attached hydrogens (tertiary/aromatic N) is 3. The van der Waals surface area contributed by atoms with E-state index in [0.717, 1.165) is 24.0 Å². The molecule has 0 radical (unpaired) electrons. The highest BCUT2D eigenvalue weighted by atomic mass is 15.4. The van der Waals surface area contributed by atoms with Crippen molar-refractivity contribution in [2.24, 2.45) is 12.5 Å². The molecule has 0 saturated carbocycles. The van der Waals surface area contributed by atoms with Gasteiger partial charge in [0.25, 0.3) is 0 Å². The van der Waals surface area contributed by atoms with Crippen LogP contribution in [-0.4, -0.2) is 27.6 Å². The first-order valence-corrected chi connectivity index (χ1v) is 7.50. The Morgan fingerprint density at radius 1 is 1.30 bits per heavy atom. The van der Waals surface area contributed by atoms with Crippen molar-refractivity contribution in [3.8, 4) is 0 Å². The minimum Gasteiger partial charge on any atom is -0.313 e. The van der Waals surface area contributed by atoms with E-state index in [2.05, 4.69) is 48.5 Å². The first kappa shape index (κ1) is 12.3. The summed E-state index contributed by atoms with van der Waals surface area (Å²) in [6, 6.07) is 5.16. The van der Waals surface area contributed by atoms with E-state index in [-0.39, 0.29) is 10.8 Å². The molecule has 1 fully saturated rings. The van der Waals surface area contributed by atoms with Gasteiger partial charge in [-0.25, -0.2) is 4.68 Å². The molecule has 0 amide bonds. The van der Waals surface area contributed by atoms with Gasteiger partial charge in [-0.2, -0.15) is 0 Å². The summed E-state index contributed by atoms with van der Waals surface area (Å²) >= 11 is 0. The van der Waals surface area contributed by atoms with Crippen LogP contribution in [0.3, 0.4) is 0 Å². The predicted molar refractivity (Wildman–Crippen MR) is 79.8 cm³/mol. The lowest BCUT2D eigenvalue weighted by atomic mass is 9.51. The Hall–Kier alpha value is -1.42. The third-order valence-electron chi connectivity index (χ3n) is 6.16. The minimum absolute atomic E-state index is 0.224. The fourth-order valence-corrected chi connectivity index (χ4v) is 4.29. The van der Waals surface area contributed by atoms with Crippen LogP contribution >= 0.6 is 0 Å². The van der Waals surface area contributed by atoms with Gasteiger partial charge in [-0.15, -0.1) is 5.10 Å². The van der Waals surface area contributed by atoms with E-state index in [0.29, 0.717) is 6.04 Å². The Labute approximate surface area is 119 Å². The normalized spacial score (nSPS) is 31.3. The maximum Gasteiger partial charge on any atom is 0.113 e. The number of rotatable bonds is 0. The van der Waals surface area contributed by atoms with E-state index in [1.165, 1.54) is 17.5 Å². The number of nitrogens with one attached hydrogen (secondary N) is 1. The summed E-state index contributed by atoms with van der Waals surface area (Å²) in [4.78, 5) is 0. The van der Waals surface area contributed by atoms with Crippen LogP contribution in [0.5, 0.6) is 0 Å². The first-order valence-electron chi connectivity index (χ1n) is 7.50. The molecule has 0 spiro atoms. The molecule has 2 bridgehead atoms. The fraction of sp³-hybridized carbons (Fsp3) is 0.625.